The Morgan fingerprint density at radius 2 is 2.00 bits per heavy atom. The number of hydrogen-bond acceptors (Lipinski definition) is 6. The second kappa shape index (κ2) is 8.22. The number of esters is 1. The van der Waals surface area contributed by atoms with E-state index in [1.54, 1.807) is 23.6 Å². The van der Waals surface area contributed by atoms with Gasteiger partial charge in [0.2, 0.25) is 5.91 Å². The molecule has 1 fully saturated rings. The molecule has 3 heterocycles. The van der Waals surface area contributed by atoms with Crippen molar-refractivity contribution in [2.45, 2.75) is 57.7 Å². The van der Waals surface area contributed by atoms with E-state index >= 15 is 0 Å². The van der Waals surface area contributed by atoms with Crippen molar-refractivity contribution in [3.05, 3.63) is 27.2 Å². The van der Waals surface area contributed by atoms with Gasteiger partial charge in [0.15, 0.2) is 11.2 Å². The number of carbonyl (C=O) groups is 2. The molecule has 2 aromatic rings. The van der Waals surface area contributed by atoms with Gasteiger partial charge in [0.05, 0.1) is 13.4 Å². The molecule has 29 heavy (non-hydrogen) atoms. The van der Waals surface area contributed by atoms with Gasteiger partial charge in [-0.05, 0) is 32.6 Å². The van der Waals surface area contributed by atoms with Gasteiger partial charge in [-0.2, -0.15) is 0 Å². The third-order valence-electron chi connectivity index (χ3n) is 5.66. The van der Waals surface area contributed by atoms with Crippen LogP contribution >= 0.6 is 0 Å². The van der Waals surface area contributed by atoms with Crippen molar-refractivity contribution >= 4 is 23.0 Å². The molecule has 2 atom stereocenters. The van der Waals surface area contributed by atoms with Crippen LogP contribution in [0.5, 0.6) is 0 Å². The third kappa shape index (κ3) is 3.70. The van der Waals surface area contributed by atoms with Crippen molar-refractivity contribution in [2.24, 2.45) is 14.1 Å². The lowest BCUT2D eigenvalue weighted by molar-refractivity contribution is -0.150. The number of fused-ring (bicyclic) bond motifs is 1. The molecule has 0 aromatic carbocycles. The molecular weight excluding hydrogens is 378 g/mol. The van der Waals surface area contributed by atoms with Crippen LogP contribution in [0.3, 0.4) is 0 Å². The molecule has 10 nitrogen and oxygen atoms in total. The molecule has 3 rings (SSSR count). The zero-order valence-corrected chi connectivity index (χ0v) is 17.3. The number of rotatable bonds is 7. The van der Waals surface area contributed by atoms with Crippen LogP contribution in [-0.2, 0) is 35.0 Å². The van der Waals surface area contributed by atoms with E-state index in [0.717, 1.165) is 0 Å². The number of carbonyl (C=O) groups excluding carboxylic acids is 2. The highest BCUT2D eigenvalue weighted by Gasteiger charge is 2.39. The minimum atomic E-state index is -0.523. The smallest absolute Gasteiger partial charge is 0.332 e. The van der Waals surface area contributed by atoms with Crippen molar-refractivity contribution < 1.29 is 14.3 Å². The Morgan fingerprint density at radius 1 is 1.28 bits per heavy atom. The molecule has 1 amide bonds. The van der Waals surface area contributed by atoms with E-state index in [1.807, 2.05) is 6.92 Å². The van der Waals surface area contributed by atoms with Crippen LogP contribution in [0.2, 0.25) is 0 Å². The van der Waals surface area contributed by atoms with Gasteiger partial charge in [-0.3, -0.25) is 18.7 Å². The lowest BCUT2D eigenvalue weighted by Crippen LogP contribution is -2.44. The highest BCUT2D eigenvalue weighted by atomic mass is 16.5. The molecule has 1 aliphatic heterocycles. The molecule has 1 aliphatic rings. The molecule has 0 radical (unpaired) electrons. The van der Waals surface area contributed by atoms with Gasteiger partial charge in [0, 0.05) is 33.1 Å². The Balaban J connectivity index is 1.66. The van der Waals surface area contributed by atoms with Crippen LogP contribution in [0.4, 0.5) is 0 Å². The van der Waals surface area contributed by atoms with Crippen LogP contribution < -0.4 is 11.2 Å². The normalized spacial score (nSPS) is 17.9. The Hall–Kier alpha value is -2.91. The van der Waals surface area contributed by atoms with Gasteiger partial charge in [0.1, 0.15) is 6.04 Å². The number of unbranched alkanes of at least 4 members (excludes halogenated alkanes) is 1. The number of hydrogen-bond donors (Lipinski definition) is 0. The average molecular weight is 405 g/mol. The number of ether oxygens (including phenoxy) is 1. The van der Waals surface area contributed by atoms with Crippen molar-refractivity contribution in [3.8, 4) is 0 Å². The predicted octanol–water partition coefficient (Wildman–Crippen LogP) is 0.157. The van der Waals surface area contributed by atoms with E-state index in [0.29, 0.717) is 43.3 Å². The summed E-state index contributed by atoms with van der Waals surface area (Å²) < 4.78 is 9.03. The van der Waals surface area contributed by atoms with Crippen molar-refractivity contribution in [2.75, 3.05) is 7.11 Å². The molecule has 0 aliphatic carbocycles. The summed E-state index contributed by atoms with van der Waals surface area (Å²) in [6, 6.07) is -0.641. The van der Waals surface area contributed by atoms with Gasteiger partial charge < -0.3 is 14.2 Å². The van der Waals surface area contributed by atoms with Gasteiger partial charge >= 0.3 is 11.7 Å². The number of imidazole rings is 1. The van der Waals surface area contributed by atoms with Crippen LogP contribution in [-0.4, -0.2) is 54.7 Å². The van der Waals surface area contributed by atoms with Crippen LogP contribution in [0, 0.1) is 0 Å². The maximum Gasteiger partial charge on any atom is 0.332 e. The fourth-order valence-corrected chi connectivity index (χ4v) is 4.06. The quantitative estimate of drug-likeness (QED) is 0.479. The SMILES string of the molecule is COC(=O)C1CCC(=O)N1C(C)CCCCn1c(=O)c2c(ncn2C)n(C)c1=O. The molecule has 1 saturated heterocycles. The fraction of sp³-hybridized carbons (Fsp3) is 0.632. The molecular formula is C19H27N5O5. The number of aryl methyl sites for hydroxylation is 2. The first kappa shape index (κ1) is 20.8. The Bertz CT molecular complexity index is 1050. The maximum atomic E-state index is 12.7. The van der Waals surface area contributed by atoms with Gasteiger partial charge in [0.25, 0.3) is 5.56 Å². The predicted molar refractivity (Wildman–Crippen MR) is 105 cm³/mol. The number of nitrogens with zero attached hydrogens (tertiary/aromatic N) is 5. The minimum Gasteiger partial charge on any atom is -0.467 e. The summed E-state index contributed by atoms with van der Waals surface area (Å²) in [5.41, 5.74) is 0.0178. The first-order chi connectivity index (χ1) is 13.8. The number of aromatic nitrogens is 4. The van der Waals surface area contributed by atoms with Gasteiger partial charge in [-0.25, -0.2) is 14.6 Å². The maximum absolute atomic E-state index is 12.7. The van der Waals surface area contributed by atoms with E-state index in [9.17, 15) is 19.2 Å². The molecule has 158 valence electrons. The van der Waals surface area contributed by atoms with Crippen LogP contribution in [0.15, 0.2) is 15.9 Å². The topological polar surface area (TPSA) is 108 Å². The summed E-state index contributed by atoms with van der Waals surface area (Å²) in [4.78, 5) is 55.0. The summed E-state index contributed by atoms with van der Waals surface area (Å²) in [5, 5.41) is 0. The first-order valence-electron chi connectivity index (χ1n) is 9.77. The summed E-state index contributed by atoms with van der Waals surface area (Å²) in [6.07, 6.45) is 4.32. The Morgan fingerprint density at radius 3 is 2.69 bits per heavy atom. The zero-order chi connectivity index (χ0) is 21.3. The van der Waals surface area contributed by atoms with Crippen molar-refractivity contribution in [1.82, 2.24) is 23.6 Å². The molecule has 2 unspecified atom stereocenters. The standard InChI is InChI=1S/C19H27N5O5/c1-12(24-13(18(27)29-4)8-9-14(24)25)7-5-6-10-23-17(26)15-16(20-11-21(15)2)22(3)19(23)28/h11-13H,5-10H2,1-4H3. The van der Waals surface area contributed by atoms with E-state index in [-0.39, 0.29) is 30.0 Å². The number of likely N-dealkylation sites (tertiary alicyclic amines) is 1. The fourth-order valence-electron chi connectivity index (χ4n) is 4.06. The molecule has 0 N–H and O–H groups in total. The summed E-state index contributed by atoms with van der Waals surface area (Å²) in [7, 11) is 4.64. The lowest BCUT2D eigenvalue weighted by Gasteiger charge is -2.29. The Labute approximate surface area is 167 Å². The van der Waals surface area contributed by atoms with Crippen molar-refractivity contribution in [3.63, 3.8) is 0 Å². The van der Waals surface area contributed by atoms with E-state index in [1.165, 1.54) is 22.6 Å². The zero-order valence-electron chi connectivity index (χ0n) is 17.3. The Kier molecular flexibility index (Phi) is 5.90. The molecule has 0 bridgehead atoms. The van der Waals surface area contributed by atoms with Gasteiger partial charge in [-0.15, -0.1) is 0 Å². The minimum absolute atomic E-state index is 0.0420. The van der Waals surface area contributed by atoms with E-state index in [4.69, 9.17) is 4.74 Å². The van der Waals surface area contributed by atoms with E-state index < -0.39 is 11.7 Å². The average Bonchev–Trinajstić information content (AvgIpc) is 3.27. The molecule has 0 saturated carbocycles. The largest absolute Gasteiger partial charge is 0.467 e. The second-order valence-electron chi connectivity index (χ2n) is 7.55. The summed E-state index contributed by atoms with van der Waals surface area (Å²) in [6.45, 7) is 2.19. The second-order valence-corrected chi connectivity index (χ2v) is 7.55. The van der Waals surface area contributed by atoms with Crippen molar-refractivity contribution in [1.29, 1.82) is 0 Å². The molecule has 10 heteroatoms. The number of methoxy groups -OCH3 is 1. The monoisotopic (exact) mass is 405 g/mol. The highest BCUT2D eigenvalue weighted by Crippen LogP contribution is 2.24. The van der Waals surface area contributed by atoms with Gasteiger partial charge in [-0.1, -0.05) is 0 Å². The summed E-state index contributed by atoms with van der Waals surface area (Å²) in [5.74, 6) is -0.429. The van der Waals surface area contributed by atoms with Crippen LogP contribution in [0.25, 0.3) is 11.2 Å². The molecule has 2 aromatic heterocycles. The van der Waals surface area contributed by atoms with E-state index in [2.05, 4.69) is 4.98 Å². The van der Waals surface area contributed by atoms with Crippen LogP contribution in [0.1, 0.15) is 39.0 Å². The number of amides is 1. The third-order valence-corrected chi connectivity index (χ3v) is 5.66. The highest BCUT2D eigenvalue weighted by molar-refractivity contribution is 5.88. The molecule has 0 spiro atoms. The summed E-state index contributed by atoms with van der Waals surface area (Å²) >= 11 is 0. The lowest BCUT2D eigenvalue weighted by atomic mass is 10.1. The first-order valence-corrected chi connectivity index (χ1v) is 9.77.